The van der Waals surface area contributed by atoms with E-state index in [9.17, 15) is 18.8 Å². The zero-order valence-corrected chi connectivity index (χ0v) is 20.6. The van der Waals surface area contributed by atoms with Crippen LogP contribution in [0, 0.1) is 5.82 Å². The number of ether oxygens (including phenoxy) is 2. The smallest absolute Gasteiger partial charge is 0.257 e. The highest BCUT2D eigenvalue weighted by Gasteiger charge is 2.39. The predicted molar refractivity (Wildman–Crippen MR) is 132 cm³/mol. The summed E-state index contributed by atoms with van der Waals surface area (Å²) in [5.74, 6) is -0.400. The van der Waals surface area contributed by atoms with Crippen molar-refractivity contribution >= 4 is 23.4 Å². The Labute approximate surface area is 210 Å². The fraction of sp³-hybridized carbons (Fsp3) is 0.444. The molecule has 0 unspecified atom stereocenters. The molecule has 0 bridgehead atoms. The lowest BCUT2D eigenvalue weighted by molar-refractivity contribution is -0.134. The van der Waals surface area contributed by atoms with E-state index in [0.717, 1.165) is 6.42 Å². The van der Waals surface area contributed by atoms with Crippen molar-refractivity contribution in [2.45, 2.75) is 63.8 Å². The van der Waals surface area contributed by atoms with Gasteiger partial charge >= 0.3 is 0 Å². The van der Waals surface area contributed by atoms with Gasteiger partial charge in [0.2, 0.25) is 11.8 Å². The molecule has 2 aliphatic heterocycles. The molecular weight excluding hydrogens is 465 g/mol. The minimum Gasteiger partial charge on any atom is -0.490 e. The van der Waals surface area contributed by atoms with Crippen LogP contribution in [0.1, 0.15) is 54.9 Å². The van der Waals surface area contributed by atoms with Crippen LogP contribution in [0.3, 0.4) is 0 Å². The topological polar surface area (TPSA) is 97.0 Å². The van der Waals surface area contributed by atoms with Crippen LogP contribution in [0.2, 0.25) is 0 Å². The maximum absolute atomic E-state index is 13.3. The molecule has 8 nitrogen and oxygen atoms in total. The summed E-state index contributed by atoms with van der Waals surface area (Å²) >= 11 is 0. The maximum atomic E-state index is 13.3. The highest BCUT2D eigenvalue weighted by molar-refractivity contribution is 5.99. The summed E-state index contributed by atoms with van der Waals surface area (Å²) < 4.78 is 25.5. The first-order valence-electron chi connectivity index (χ1n) is 12.3. The number of carbonyl (C=O) groups is 3. The summed E-state index contributed by atoms with van der Waals surface area (Å²) in [6.45, 7) is 2.41. The van der Waals surface area contributed by atoms with E-state index in [1.807, 2.05) is 6.92 Å². The third-order valence-electron chi connectivity index (χ3n) is 6.56. The van der Waals surface area contributed by atoms with Crippen molar-refractivity contribution in [3.8, 4) is 5.75 Å². The van der Waals surface area contributed by atoms with E-state index >= 15 is 0 Å². The van der Waals surface area contributed by atoms with Gasteiger partial charge in [-0.15, -0.1) is 0 Å². The molecule has 4 rings (SSSR count). The predicted octanol–water partition coefficient (Wildman–Crippen LogP) is 3.65. The van der Waals surface area contributed by atoms with Crippen LogP contribution in [0.5, 0.6) is 5.75 Å². The van der Waals surface area contributed by atoms with Crippen LogP contribution < -0.4 is 15.4 Å². The lowest BCUT2D eigenvalue weighted by Crippen LogP contribution is -2.53. The number of carbonyl (C=O) groups excluding carboxylic acids is 3. The molecule has 1 saturated heterocycles. The molecular formula is C27H32FN3O5. The second kappa shape index (κ2) is 11.5. The Kier molecular flexibility index (Phi) is 8.20. The number of hydrogen-bond acceptors (Lipinski definition) is 5. The van der Waals surface area contributed by atoms with Crippen molar-refractivity contribution in [3.05, 3.63) is 59.4 Å². The third-order valence-corrected chi connectivity index (χ3v) is 6.56. The van der Waals surface area contributed by atoms with Crippen molar-refractivity contribution in [1.82, 2.24) is 10.2 Å². The Balaban J connectivity index is 1.37. The fourth-order valence-electron chi connectivity index (χ4n) is 4.68. The Bertz CT molecular complexity index is 1120. The van der Waals surface area contributed by atoms with Crippen molar-refractivity contribution in [2.75, 3.05) is 19.0 Å². The Morgan fingerprint density at radius 3 is 2.75 bits per heavy atom. The standard InChI is InChI=1S/C27H32FN3O5/c1-3-5-25(32)30-19-8-11-23-21(13-19)27(34)31(2)22-10-9-20(36-24(22)16-35-23)14-26(33)29-15-17-6-4-7-18(28)12-17/h4,6-8,11-13,20,22,24H,3,5,9-10,14-16H2,1-2H3,(H,29,33)(H,30,32)/t20-,22-,24+/m0/s1. The van der Waals surface area contributed by atoms with E-state index in [4.69, 9.17) is 9.47 Å². The number of nitrogens with zero attached hydrogens (tertiary/aromatic N) is 1. The highest BCUT2D eigenvalue weighted by Crippen LogP contribution is 2.32. The molecule has 36 heavy (non-hydrogen) atoms. The lowest BCUT2D eigenvalue weighted by atomic mass is 9.94. The number of halogens is 1. The van der Waals surface area contributed by atoms with Gasteiger partial charge in [0.25, 0.3) is 5.91 Å². The Morgan fingerprint density at radius 1 is 1.14 bits per heavy atom. The van der Waals surface area contributed by atoms with E-state index in [1.165, 1.54) is 12.1 Å². The van der Waals surface area contributed by atoms with Gasteiger partial charge in [-0.3, -0.25) is 14.4 Å². The third kappa shape index (κ3) is 6.20. The van der Waals surface area contributed by atoms with Gasteiger partial charge in [0.05, 0.1) is 24.1 Å². The molecule has 0 aromatic heterocycles. The minimum atomic E-state index is -0.384. The van der Waals surface area contributed by atoms with Gasteiger partial charge in [0.15, 0.2) is 0 Å². The molecule has 0 spiro atoms. The molecule has 2 aromatic carbocycles. The van der Waals surface area contributed by atoms with E-state index in [1.54, 1.807) is 42.3 Å². The second-order valence-electron chi connectivity index (χ2n) is 9.29. The number of rotatable bonds is 7. The van der Waals surface area contributed by atoms with Gasteiger partial charge in [0, 0.05) is 25.7 Å². The highest BCUT2D eigenvalue weighted by atomic mass is 19.1. The van der Waals surface area contributed by atoms with Crippen molar-refractivity contribution in [3.63, 3.8) is 0 Å². The second-order valence-corrected chi connectivity index (χ2v) is 9.29. The molecule has 2 N–H and O–H groups in total. The molecule has 2 heterocycles. The van der Waals surface area contributed by atoms with Gasteiger partial charge in [-0.1, -0.05) is 19.1 Å². The van der Waals surface area contributed by atoms with Crippen LogP contribution in [0.25, 0.3) is 0 Å². The van der Waals surface area contributed by atoms with Crippen molar-refractivity contribution in [2.24, 2.45) is 0 Å². The van der Waals surface area contributed by atoms with Gasteiger partial charge < -0.3 is 25.0 Å². The first-order chi connectivity index (χ1) is 17.3. The number of hydrogen-bond donors (Lipinski definition) is 2. The summed E-state index contributed by atoms with van der Waals surface area (Å²) in [7, 11) is 1.74. The minimum absolute atomic E-state index is 0.100. The SMILES string of the molecule is CCCC(=O)Nc1ccc2c(c1)C(=O)N(C)[C@H]1CC[C@@H](CC(=O)NCc3cccc(F)c3)O[C@@H]1CO2. The van der Waals surface area contributed by atoms with E-state index in [0.29, 0.717) is 41.8 Å². The molecule has 1 fully saturated rings. The van der Waals surface area contributed by atoms with Gasteiger partial charge in [-0.05, 0) is 55.2 Å². The quantitative estimate of drug-likeness (QED) is 0.609. The summed E-state index contributed by atoms with van der Waals surface area (Å²) in [6.07, 6.45) is 1.92. The van der Waals surface area contributed by atoms with Crippen LogP contribution in [0.4, 0.5) is 10.1 Å². The summed E-state index contributed by atoms with van der Waals surface area (Å²) in [6, 6.07) is 11.0. The monoisotopic (exact) mass is 497 g/mol. The number of likely N-dealkylation sites (N-methyl/N-ethyl adjacent to an activating group) is 1. The number of benzene rings is 2. The van der Waals surface area contributed by atoms with Crippen LogP contribution in [-0.2, 0) is 20.9 Å². The fourth-order valence-corrected chi connectivity index (χ4v) is 4.68. The van der Waals surface area contributed by atoms with Gasteiger partial charge in [-0.25, -0.2) is 4.39 Å². The summed E-state index contributed by atoms with van der Waals surface area (Å²) in [5.41, 5.74) is 1.64. The first kappa shape index (κ1) is 25.6. The average Bonchev–Trinajstić information content (AvgIpc) is 2.85. The zero-order valence-electron chi connectivity index (χ0n) is 20.6. The largest absolute Gasteiger partial charge is 0.490 e. The van der Waals surface area contributed by atoms with E-state index in [2.05, 4.69) is 10.6 Å². The van der Waals surface area contributed by atoms with Gasteiger partial charge in [0.1, 0.15) is 24.3 Å². The Morgan fingerprint density at radius 2 is 1.97 bits per heavy atom. The zero-order chi connectivity index (χ0) is 25.7. The maximum Gasteiger partial charge on any atom is 0.257 e. The van der Waals surface area contributed by atoms with E-state index in [-0.39, 0.29) is 61.4 Å². The molecule has 0 radical (unpaired) electrons. The molecule has 2 aromatic rings. The van der Waals surface area contributed by atoms with Crippen molar-refractivity contribution < 1.29 is 28.2 Å². The number of fused-ring (bicyclic) bond motifs is 2. The molecule has 192 valence electrons. The first-order valence-corrected chi connectivity index (χ1v) is 12.3. The molecule has 0 saturated carbocycles. The summed E-state index contributed by atoms with van der Waals surface area (Å²) in [4.78, 5) is 39.4. The molecule has 9 heteroatoms. The number of anilines is 1. The van der Waals surface area contributed by atoms with Crippen LogP contribution >= 0.6 is 0 Å². The summed E-state index contributed by atoms with van der Waals surface area (Å²) in [5, 5.41) is 5.63. The molecule has 3 amide bonds. The number of nitrogens with one attached hydrogen (secondary N) is 2. The average molecular weight is 498 g/mol. The van der Waals surface area contributed by atoms with Gasteiger partial charge in [-0.2, -0.15) is 0 Å². The van der Waals surface area contributed by atoms with Crippen LogP contribution in [-0.4, -0.2) is 54.5 Å². The molecule has 2 aliphatic rings. The lowest BCUT2D eigenvalue weighted by Gasteiger charge is -2.42. The van der Waals surface area contributed by atoms with Crippen LogP contribution in [0.15, 0.2) is 42.5 Å². The van der Waals surface area contributed by atoms with E-state index < -0.39 is 0 Å². The molecule has 0 aliphatic carbocycles. The molecule has 3 atom stereocenters. The van der Waals surface area contributed by atoms with Crippen molar-refractivity contribution in [1.29, 1.82) is 0 Å². The number of amides is 3. The Hall–Kier alpha value is -3.46. The normalized spacial score (nSPS) is 21.4.